The average molecular weight is 305 g/mol. The largest absolute Gasteiger partial charge is 0.348 e. The van der Waals surface area contributed by atoms with Gasteiger partial charge in [-0.15, -0.1) is 0 Å². The summed E-state index contributed by atoms with van der Waals surface area (Å²) in [5, 5.41) is 3.57. The molecule has 4 rings (SSSR count). The first-order valence-electron chi connectivity index (χ1n) is 8.03. The first-order chi connectivity index (χ1) is 11.4. The van der Waals surface area contributed by atoms with Crippen molar-refractivity contribution in [1.29, 1.82) is 0 Å². The molecule has 0 saturated carbocycles. The van der Waals surface area contributed by atoms with Crippen molar-refractivity contribution in [2.45, 2.75) is 31.8 Å². The average Bonchev–Trinajstić information content (AvgIpc) is 3.14. The molecule has 0 spiro atoms. The number of hydrogen-bond donors (Lipinski definition) is 2. The number of rotatable bonds is 4. The van der Waals surface area contributed by atoms with Gasteiger partial charge in [0, 0.05) is 41.5 Å². The molecule has 0 bridgehead atoms. The van der Waals surface area contributed by atoms with Crippen molar-refractivity contribution < 1.29 is 0 Å². The molecule has 0 amide bonds. The van der Waals surface area contributed by atoms with Gasteiger partial charge in [0.05, 0.1) is 6.54 Å². The molecule has 0 aliphatic heterocycles. The second-order valence-corrected chi connectivity index (χ2v) is 5.82. The van der Waals surface area contributed by atoms with Gasteiger partial charge in [0.1, 0.15) is 5.82 Å². The van der Waals surface area contributed by atoms with Gasteiger partial charge in [0.2, 0.25) is 0 Å². The van der Waals surface area contributed by atoms with Crippen LogP contribution in [0.5, 0.6) is 0 Å². The molecule has 23 heavy (non-hydrogen) atoms. The zero-order valence-electron chi connectivity index (χ0n) is 12.9. The Kier molecular flexibility index (Phi) is 3.86. The van der Waals surface area contributed by atoms with Crippen LogP contribution in [-0.4, -0.2) is 19.9 Å². The lowest BCUT2D eigenvalue weighted by Crippen LogP contribution is -2.26. The standard InChI is InChI=1S/C18H19N5/c1-2-5-13(6-3-1)18-22-11-14-15(7-4-8-16(14)23-18)21-12-17-19-9-10-20-17/h1-3,5-6,9-11,15,21H,4,7-8,12H2,(H,19,20). The summed E-state index contributed by atoms with van der Waals surface area (Å²) in [4.78, 5) is 16.8. The molecule has 1 aromatic carbocycles. The van der Waals surface area contributed by atoms with Crippen molar-refractivity contribution in [2.24, 2.45) is 0 Å². The zero-order valence-corrected chi connectivity index (χ0v) is 12.9. The van der Waals surface area contributed by atoms with Crippen LogP contribution in [-0.2, 0) is 13.0 Å². The Balaban J connectivity index is 1.56. The molecule has 0 fully saturated rings. The van der Waals surface area contributed by atoms with E-state index in [0.717, 1.165) is 43.0 Å². The van der Waals surface area contributed by atoms with Gasteiger partial charge in [-0.05, 0) is 19.3 Å². The highest BCUT2D eigenvalue weighted by atomic mass is 15.0. The topological polar surface area (TPSA) is 66.5 Å². The Morgan fingerprint density at radius 2 is 2.09 bits per heavy atom. The number of nitrogens with zero attached hydrogens (tertiary/aromatic N) is 3. The molecule has 1 aliphatic rings. The number of H-pyrrole nitrogens is 1. The summed E-state index contributed by atoms with van der Waals surface area (Å²) < 4.78 is 0. The van der Waals surface area contributed by atoms with E-state index in [4.69, 9.17) is 4.98 Å². The molecular formula is C18H19N5. The predicted molar refractivity (Wildman–Crippen MR) is 88.6 cm³/mol. The van der Waals surface area contributed by atoms with Gasteiger partial charge >= 0.3 is 0 Å². The Labute approximate surface area is 135 Å². The maximum Gasteiger partial charge on any atom is 0.159 e. The third kappa shape index (κ3) is 3.00. The van der Waals surface area contributed by atoms with Crippen molar-refractivity contribution in [2.75, 3.05) is 0 Å². The fourth-order valence-corrected chi connectivity index (χ4v) is 3.10. The van der Waals surface area contributed by atoms with Crippen molar-refractivity contribution in [3.63, 3.8) is 0 Å². The van der Waals surface area contributed by atoms with Gasteiger partial charge in [-0.3, -0.25) is 0 Å². The fourth-order valence-electron chi connectivity index (χ4n) is 3.10. The maximum atomic E-state index is 4.80. The van der Waals surface area contributed by atoms with E-state index in [-0.39, 0.29) is 0 Å². The second-order valence-electron chi connectivity index (χ2n) is 5.82. The van der Waals surface area contributed by atoms with Crippen LogP contribution in [0.1, 0.15) is 36.0 Å². The normalized spacial score (nSPS) is 17.0. The summed E-state index contributed by atoms with van der Waals surface area (Å²) in [6.07, 6.45) is 8.90. The van der Waals surface area contributed by atoms with Gasteiger partial charge in [-0.1, -0.05) is 30.3 Å². The lowest BCUT2D eigenvalue weighted by atomic mass is 9.92. The van der Waals surface area contributed by atoms with Gasteiger partial charge in [0.25, 0.3) is 0 Å². The molecule has 116 valence electrons. The molecule has 0 saturated heterocycles. The minimum absolute atomic E-state index is 0.300. The van der Waals surface area contributed by atoms with Crippen LogP contribution in [0.15, 0.2) is 48.9 Å². The molecule has 3 aromatic rings. The maximum absolute atomic E-state index is 4.80. The Morgan fingerprint density at radius 3 is 2.91 bits per heavy atom. The van der Waals surface area contributed by atoms with Crippen LogP contribution in [0.3, 0.4) is 0 Å². The van der Waals surface area contributed by atoms with Crippen molar-refractivity contribution >= 4 is 0 Å². The van der Waals surface area contributed by atoms with E-state index in [1.165, 1.54) is 11.3 Å². The quantitative estimate of drug-likeness (QED) is 0.777. The van der Waals surface area contributed by atoms with Crippen LogP contribution >= 0.6 is 0 Å². The zero-order chi connectivity index (χ0) is 15.5. The van der Waals surface area contributed by atoms with Crippen LogP contribution in [0.2, 0.25) is 0 Å². The first kappa shape index (κ1) is 14.1. The molecule has 2 aromatic heterocycles. The van der Waals surface area contributed by atoms with Gasteiger partial charge in [-0.2, -0.15) is 0 Å². The third-order valence-electron chi connectivity index (χ3n) is 4.28. The van der Waals surface area contributed by atoms with Gasteiger partial charge in [0.15, 0.2) is 5.82 Å². The molecule has 1 atom stereocenters. The summed E-state index contributed by atoms with van der Waals surface area (Å²) in [6.45, 7) is 0.734. The SMILES string of the molecule is c1ccc(-c2ncc3c(n2)CCCC3NCc2ncc[nH]2)cc1. The molecular weight excluding hydrogens is 286 g/mol. The number of nitrogens with one attached hydrogen (secondary N) is 2. The number of fused-ring (bicyclic) bond motifs is 1. The Bertz CT molecular complexity index is 767. The Morgan fingerprint density at radius 1 is 1.17 bits per heavy atom. The molecule has 1 unspecified atom stereocenters. The summed E-state index contributed by atoms with van der Waals surface area (Å²) in [5.74, 6) is 1.77. The molecule has 2 heterocycles. The van der Waals surface area contributed by atoms with Crippen LogP contribution < -0.4 is 5.32 Å². The van der Waals surface area contributed by atoms with E-state index >= 15 is 0 Å². The van der Waals surface area contributed by atoms with Crippen LogP contribution in [0.25, 0.3) is 11.4 Å². The number of benzene rings is 1. The molecule has 5 heteroatoms. The Hall–Kier alpha value is -2.53. The number of aryl methyl sites for hydroxylation is 1. The van der Waals surface area contributed by atoms with Crippen molar-refractivity contribution in [3.8, 4) is 11.4 Å². The van der Waals surface area contributed by atoms with E-state index < -0.39 is 0 Å². The summed E-state index contributed by atoms with van der Waals surface area (Å²) in [7, 11) is 0. The van der Waals surface area contributed by atoms with E-state index in [1.54, 1.807) is 6.20 Å². The van der Waals surface area contributed by atoms with Crippen LogP contribution in [0, 0.1) is 0 Å². The number of aromatic amines is 1. The number of imidazole rings is 1. The third-order valence-corrected chi connectivity index (χ3v) is 4.28. The second kappa shape index (κ2) is 6.30. The molecule has 5 nitrogen and oxygen atoms in total. The van der Waals surface area contributed by atoms with E-state index in [9.17, 15) is 0 Å². The van der Waals surface area contributed by atoms with Crippen molar-refractivity contribution in [1.82, 2.24) is 25.3 Å². The first-order valence-corrected chi connectivity index (χ1v) is 8.03. The van der Waals surface area contributed by atoms with Gasteiger partial charge in [-0.25, -0.2) is 15.0 Å². The summed E-state index contributed by atoms with van der Waals surface area (Å²) >= 11 is 0. The summed E-state index contributed by atoms with van der Waals surface area (Å²) in [6, 6.07) is 10.5. The van der Waals surface area contributed by atoms with Crippen molar-refractivity contribution in [3.05, 3.63) is 66.0 Å². The fraction of sp³-hybridized carbons (Fsp3) is 0.278. The highest BCUT2D eigenvalue weighted by molar-refractivity contribution is 5.55. The lowest BCUT2D eigenvalue weighted by Gasteiger charge is -2.25. The minimum Gasteiger partial charge on any atom is -0.348 e. The lowest BCUT2D eigenvalue weighted by molar-refractivity contribution is 0.447. The molecule has 1 aliphatic carbocycles. The number of aromatic nitrogens is 4. The van der Waals surface area contributed by atoms with E-state index in [1.807, 2.05) is 30.6 Å². The smallest absolute Gasteiger partial charge is 0.159 e. The van der Waals surface area contributed by atoms with E-state index in [0.29, 0.717) is 6.04 Å². The van der Waals surface area contributed by atoms with Gasteiger partial charge < -0.3 is 10.3 Å². The predicted octanol–water partition coefficient (Wildman–Crippen LogP) is 3.03. The highest BCUT2D eigenvalue weighted by Crippen LogP contribution is 2.29. The van der Waals surface area contributed by atoms with E-state index in [2.05, 4.69) is 32.4 Å². The monoisotopic (exact) mass is 305 g/mol. The molecule has 0 radical (unpaired) electrons. The summed E-state index contributed by atoms with van der Waals surface area (Å²) in [5.41, 5.74) is 3.46. The number of hydrogen-bond acceptors (Lipinski definition) is 4. The van der Waals surface area contributed by atoms with Crippen LogP contribution in [0.4, 0.5) is 0 Å². The minimum atomic E-state index is 0.300. The molecule has 2 N–H and O–H groups in total. The highest BCUT2D eigenvalue weighted by Gasteiger charge is 2.22.